The van der Waals surface area contributed by atoms with E-state index in [1.54, 1.807) is 14.2 Å². The van der Waals surface area contributed by atoms with Crippen LogP contribution >= 0.6 is 0 Å². The van der Waals surface area contributed by atoms with E-state index in [1.807, 2.05) is 31.2 Å². The normalized spacial score (nSPS) is 13.3. The minimum Gasteiger partial charge on any atom is -0.379 e. The fourth-order valence-electron chi connectivity index (χ4n) is 2.38. The molecule has 0 aliphatic carbocycles. The SMILES string of the molecule is CCNC(=O)c1ccc(CNC(=NC)NCC(OC)C(C)(C)C)cc1. The Hall–Kier alpha value is -2.08. The average molecular weight is 348 g/mol. The molecule has 140 valence electrons. The molecule has 0 aliphatic heterocycles. The molecule has 25 heavy (non-hydrogen) atoms. The third-order valence-electron chi connectivity index (χ3n) is 3.94. The Balaban J connectivity index is 2.53. The van der Waals surface area contributed by atoms with Crippen LogP contribution in [0, 0.1) is 5.41 Å². The second-order valence-electron chi connectivity index (χ2n) is 6.95. The zero-order valence-corrected chi connectivity index (χ0v) is 16.3. The molecular formula is C19H32N4O2. The molecule has 0 heterocycles. The summed E-state index contributed by atoms with van der Waals surface area (Å²) in [7, 11) is 3.47. The molecule has 0 bridgehead atoms. The van der Waals surface area contributed by atoms with Gasteiger partial charge < -0.3 is 20.7 Å². The van der Waals surface area contributed by atoms with Crippen molar-refractivity contribution in [2.24, 2.45) is 10.4 Å². The molecule has 0 aromatic heterocycles. The number of ether oxygens (including phenoxy) is 1. The molecule has 6 heteroatoms. The Morgan fingerprint density at radius 3 is 2.28 bits per heavy atom. The van der Waals surface area contributed by atoms with Crippen LogP contribution in [0.25, 0.3) is 0 Å². The van der Waals surface area contributed by atoms with Gasteiger partial charge in [-0.15, -0.1) is 0 Å². The molecule has 6 nitrogen and oxygen atoms in total. The fraction of sp³-hybridized carbons (Fsp3) is 0.579. The Morgan fingerprint density at radius 1 is 1.16 bits per heavy atom. The third-order valence-corrected chi connectivity index (χ3v) is 3.94. The van der Waals surface area contributed by atoms with Crippen LogP contribution in [0.3, 0.4) is 0 Å². The monoisotopic (exact) mass is 348 g/mol. The lowest BCUT2D eigenvalue weighted by atomic mass is 9.89. The Labute approximate surface area is 151 Å². The molecule has 0 radical (unpaired) electrons. The lowest BCUT2D eigenvalue weighted by Gasteiger charge is -2.30. The number of aliphatic imine (C=N–C) groups is 1. The number of rotatable bonds is 7. The summed E-state index contributed by atoms with van der Waals surface area (Å²) in [6.07, 6.45) is 0.0856. The number of guanidine groups is 1. The van der Waals surface area contributed by atoms with Gasteiger partial charge in [0.15, 0.2) is 5.96 Å². The van der Waals surface area contributed by atoms with Crippen molar-refractivity contribution >= 4 is 11.9 Å². The van der Waals surface area contributed by atoms with E-state index in [4.69, 9.17) is 4.74 Å². The van der Waals surface area contributed by atoms with Crippen molar-refractivity contribution in [3.05, 3.63) is 35.4 Å². The molecule has 0 spiro atoms. The highest BCUT2D eigenvalue weighted by molar-refractivity contribution is 5.94. The molecule has 0 aliphatic rings. The van der Waals surface area contributed by atoms with E-state index in [0.29, 0.717) is 25.2 Å². The summed E-state index contributed by atoms with van der Waals surface area (Å²) >= 11 is 0. The minimum absolute atomic E-state index is 0.0488. The largest absolute Gasteiger partial charge is 0.379 e. The van der Waals surface area contributed by atoms with Crippen LogP contribution in [0.5, 0.6) is 0 Å². The van der Waals surface area contributed by atoms with Crippen molar-refractivity contribution in [2.75, 3.05) is 27.2 Å². The highest BCUT2D eigenvalue weighted by atomic mass is 16.5. The number of benzene rings is 1. The van der Waals surface area contributed by atoms with Gasteiger partial charge >= 0.3 is 0 Å². The predicted octanol–water partition coefficient (Wildman–Crippen LogP) is 2.16. The van der Waals surface area contributed by atoms with Gasteiger partial charge in [0.25, 0.3) is 5.91 Å². The quantitative estimate of drug-likeness (QED) is 0.521. The van der Waals surface area contributed by atoms with E-state index in [9.17, 15) is 4.79 Å². The number of nitrogens with one attached hydrogen (secondary N) is 3. The van der Waals surface area contributed by atoms with Gasteiger partial charge in [0.05, 0.1) is 6.10 Å². The second-order valence-corrected chi connectivity index (χ2v) is 6.95. The predicted molar refractivity (Wildman–Crippen MR) is 103 cm³/mol. The first kappa shape index (κ1) is 21.0. The van der Waals surface area contributed by atoms with Crippen molar-refractivity contribution in [3.8, 4) is 0 Å². The topological polar surface area (TPSA) is 74.8 Å². The standard InChI is InChI=1S/C19H32N4O2/c1-7-21-17(24)15-10-8-14(9-11-15)12-22-18(20-5)23-13-16(25-6)19(2,3)4/h8-11,16H,7,12-13H2,1-6H3,(H,21,24)(H2,20,22,23). The number of methoxy groups -OCH3 is 1. The van der Waals surface area contributed by atoms with E-state index in [0.717, 1.165) is 11.5 Å². The molecule has 1 atom stereocenters. The van der Waals surface area contributed by atoms with Crippen LogP contribution in [0.1, 0.15) is 43.6 Å². The lowest BCUT2D eigenvalue weighted by molar-refractivity contribution is 0.0205. The summed E-state index contributed by atoms with van der Waals surface area (Å²) in [4.78, 5) is 16.0. The Morgan fingerprint density at radius 2 is 1.80 bits per heavy atom. The van der Waals surface area contributed by atoms with E-state index in [-0.39, 0.29) is 17.4 Å². The molecule has 1 rings (SSSR count). The van der Waals surface area contributed by atoms with E-state index in [2.05, 4.69) is 41.7 Å². The fourth-order valence-corrected chi connectivity index (χ4v) is 2.38. The first-order valence-electron chi connectivity index (χ1n) is 8.66. The van der Waals surface area contributed by atoms with Crippen LogP contribution in [0.15, 0.2) is 29.3 Å². The van der Waals surface area contributed by atoms with Crippen molar-refractivity contribution in [3.63, 3.8) is 0 Å². The van der Waals surface area contributed by atoms with Crippen LogP contribution in [-0.2, 0) is 11.3 Å². The number of nitrogens with zero attached hydrogens (tertiary/aromatic N) is 1. The third kappa shape index (κ3) is 7.13. The smallest absolute Gasteiger partial charge is 0.251 e. The van der Waals surface area contributed by atoms with Crippen LogP contribution in [-0.4, -0.2) is 45.2 Å². The van der Waals surface area contributed by atoms with Gasteiger partial charge in [-0.3, -0.25) is 9.79 Å². The molecule has 1 aromatic carbocycles. The van der Waals surface area contributed by atoms with Gasteiger partial charge in [-0.1, -0.05) is 32.9 Å². The number of hydrogen-bond donors (Lipinski definition) is 3. The first-order chi connectivity index (χ1) is 11.8. The molecule has 0 fully saturated rings. The van der Waals surface area contributed by atoms with Crippen LogP contribution in [0.2, 0.25) is 0 Å². The van der Waals surface area contributed by atoms with Crippen molar-refractivity contribution < 1.29 is 9.53 Å². The van der Waals surface area contributed by atoms with E-state index < -0.39 is 0 Å². The maximum absolute atomic E-state index is 11.8. The molecule has 0 saturated carbocycles. The average Bonchev–Trinajstić information content (AvgIpc) is 2.57. The highest BCUT2D eigenvalue weighted by Crippen LogP contribution is 2.20. The summed E-state index contributed by atoms with van der Waals surface area (Å²) in [5.41, 5.74) is 1.80. The van der Waals surface area contributed by atoms with Gasteiger partial charge in [0.1, 0.15) is 0 Å². The highest BCUT2D eigenvalue weighted by Gasteiger charge is 2.24. The Kier molecular flexibility index (Phi) is 8.41. The van der Waals surface area contributed by atoms with Gasteiger partial charge in [-0.25, -0.2) is 0 Å². The maximum Gasteiger partial charge on any atom is 0.251 e. The van der Waals surface area contributed by atoms with Gasteiger partial charge in [-0.2, -0.15) is 0 Å². The zero-order chi connectivity index (χ0) is 18.9. The van der Waals surface area contributed by atoms with E-state index >= 15 is 0 Å². The lowest BCUT2D eigenvalue weighted by Crippen LogP contribution is -2.45. The number of hydrogen-bond acceptors (Lipinski definition) is 3. The van der Waals surface area contributed by atoms with Gasteiger partial charge in [0.2, 0.25) is 0 Å². The zero-order valence-electron chi connectivity index (χ0n) is 16.3. The van der Waals surface area contributed by atoms with E-state index in [1.165, 1.54) is 0 Å². The number of amides is 1. The molecule has 1 amide bonds. The minimum atomic E-state index is -0.0488. The van der Waals surface area contributed by atoms with Crippen molar-refractivity contribution in [1.82, 2.24) is 16.0 Å². The molecule has 1 aromatic rings. The molecular weight excluding hydrogens is 316 g/mol. The first-order valence-corrected chi connectivity index (χ1v) is 8.66. The number of carbonyl (C=O) groups is 1. The second kappa shape index (κ2) is 10.0. The summed E-state index contributed by atoms with van der Waals surface area (Å²) < 4.78 is 5.54. The summed E-state index contributed by atoms with van der Waals surface area (Å²) in [5.74, 6) is 0.673. The molecule has 0 saturated heterocycles. The molecule has 3 N–H and O–H groups in total. The van der Waals surface area contributed by atoms with Crippen LogP contribution < -0.4 is 16.0 Å². The van der Waals surface area contributed by atoms with Crippen LogP contribution in [0.4, 0.5) is 0 Å². The van der Waals surface area contributed by atoms with Crippen molar-refractivity contribution in [1.29, 1.82) is 0 Å². The number of carbonyl (C=O) groups excluding carboxylic acids is 1. The summed E-state index contributed by atoms with van der Waals surface area (Å²) in [5, 5.41) is 9.36. The summed E-state index contributed by atoms with van der Waals surface area (Å²) in [6, 6.07) is 7.55. The van der Waals surface area contributed by atoms with Crippen molar-refractivity contribution in [2.45, 2.75) is 40.3 Å². The summed E-state index contributed by atoms with van der Waals surface area (Å²) in [6.45, 7) is 10.3. The Bertz CT molecular complexity index is 562. The van der Waals surface area contributed by atoms with Gasteiger partial charge in [0, 0.05) is 39.4 Å². The maximum atomic E-state index is 11.8. The van der Waals surface area contributed by atoms with Gasteiger partial charge in [-0.05, 0) is 30.0 Å². The molecule has 1 unspecified atom stereocenters.